The van der Waals surface area contributed by atoms with Crippen LogP contribution in [-0.2, 0) is 10.0 Å². The van der Waals surface area contributed by atoms with Gasteiger partial charge >= 0.3 is 0 Å². The molecule has 14 heteroatoms. The standard InChI is InChI=1S/C24H28Cl2N6O4S2/c1-31(2)12-13-36-19-7-6-16(14-28-19)38(34,35)32-10-8-15(9-11-32)29-24-30-23(27)22(37-24)21(33)20-17(25)4-3-5-18(20)26/h3-7,14-15H,8-13,27H2,1-2H3,(H,29,30). The predicted octanol–water partition coefficient (Wildman–Crippen LogP) is 3.86. The Hall–Kier alpha value is -2.48. The number of anilines is 2. The summed E-state index contributed by atoms with van der Waals surface area (Å²) >= 11 is 13.5. The number of nitrogens with two attached hydrogens (primary N) is 1. The number of hydrogen-bond donors (Lipinski definition) is 2. The lowest BCUT2D eigenvalue weighted by Crippen LogP contribution is -2.42. The molecule has 1 aliphatic rings. The van der Waals surface area contributed by atoms with Crippen LogP contribution in [0.15, 0.2) is 41.4 Å². The van der Waals surface area contributed by atoms with Crippen LogP contribution in [0.1, 0.15) is 28.1 Å². The van der Waals surface area contributed by atoms with Gasteiger partial charge in [0.25, 0.3) is 0 Å². The molecule has 0 radical (unpaired) electrons. The summed E-state index contributed by atoms with van der Waals surface area (Å²) in [5.74, 6) is 0.0681. The lowest BCUT2D eigenvalue weighted by molar-refractivity contribution is 0.104. The van der Waals surface area contributed by atoms with Crippen molar-refractivity contribution in [2.75, 3.05) is 51.4 Å². The van der Waals surface area contributed by atoms with E-state index >= 15 is 0 Å². The molecule has 204 valence electrons. The van der Waals surface area contributed by atoms with Crippen molar-refractivity contribution < 1.29 is 17.9 Å². The van der Waals surface area contributed by atoms with Crippen LogP contribution in [0.25, 0.3) is 0 Å². The van der Waals surface area contributed by atoms with Gasteiger partial charge in [0.15, 0.2) is 5.13 Å². The normalized spacial score (nSPS) is 15.1. The molecule has 0 saturated carbocycles. The van der Waals surface area contributed by atoms with Gasteiger partial charge in [-0.25, -0.2) is 18.4 Å². The SMILES string of the molecule is CN(C)CCOc1ccc(S(=O)(=O)N2CCC(Nc3nc(N)c(C(=O)c4c(Cl)cccc4Cl)s3)CC2)cn1. The Morgan fingerprint density at radius 3 is 2.50 bits per heavy atom. The minimum atomic E-state index is -3.69. The Bertz CT molecular complexity index is 1370. The van der Waals surface area contributed by atoms with Crippen molar-refractivity contribution >= 4 is 61.3 Å². The number of ketones is 1. The summed E-state index contributed by atoms with van der Waals surface area (Å²) in [7, 11) is 0.193. The first-order chi connectivity index (χ1) is 18.1. The van der Waals surface area contributed by atoms with Crippen molar-refractivity contribution in [1.29, 1.82) is 0 Å². The van der Waals surface area contributed by atoms with Crippen LogP contribution in [0.3, 0.4) is 0 Å². The molecule has 0 amide bonds. The Kier molecular flexibility index (Phi) is 9.11. The van der Waals surface area contributed by atoms with Crippen molar-refractivity contribution in [3.8, 4) is 5.88 Å². The summed E-state index contributed by atoms with van der Waals surface area (Å²) in [5, 5.41) is 4.23. The van der Waals surface area contributed by atoms with E-state index in [9.17, 15) is 13.2 Å². The zero-order valence-electron chi connectivity index (χ0n) is 20.9. The van der Waals surface area contributed by atoms with E-state index < -0.39 is 15.8 Å². The van der Waals surface area contributed by atoms with Gasteiger partial charge in [-0.15, -0.1) is 0 Å². The van der Waals surface area contributed by atoms with E-state index in [1.54, 1.807) is 24.3 Å². The predicted molar refractivity (Wildman–Crippen MR) is 150 cm³/mol. The number of carbonyl (C=O) groups excluding carboxylic acids is 1. The molecule has 0 bridgehead atoms. The number of aromatic nitrogens is 2. The van der Waals surface area contributed by atoms with Gasteiger partial charge in [0.05, 0.1) is 21.8 Å². The Morgan fingerprint density at radius 1 is 1.21 bits per heavy atom. The molecule has 3 N–H and O–H groups in total. The van der Waals surface area contributed by atoms with Gasteiger partial charge in [0.2, 0.25) is 21.7 Å². The molecule has 3 heterocycles. The van der Waals surface area contributed by atoms with Crippen LogP contribution in [0.5, 0.6) is 5.88 Å². The second-order valence-electron chi connectivity index (χ2n) is 8.97. The third-order valence-corrected chi connectivity index (χ3v) is 9.48. The number of nitrogens with one attached hydrogen (secondary N) is 1. The molecule has 4 rings (SSSR count). The third-order valence-electron chi connectivity index (χ3n) is 5.97. The van der Waals surface area contributed by atoms with E-state index in [4.69, 9.17) is 33.7 Å². The Morgan fingerprint density at radius 2 is 1.89 bits per heavy atom. The number of sulfonamides is 1. The molecule has 1 aromatic carbocycles. The summed E-state index contributed by atoms with van der Waals surface area (Å²) in [6.07, 6.45) is 2.43. The van der Waals surface area contributed by atoms with Gasteiger partial charge < -0.3 is 20.7 Å². The largest absolute Gasteiger partial charge is 0.476 e. The van der Waals surface area contributed by atoms with Gasteiger partial charge in [-0.3, -0.25) is 4.79 Å². The lowest BCUT2D eigenvalue weighted by atomic mass is 10.1. The molecule has 0 unspecified atom stereocenters. The monoisotopic (exact) mass is 598 g/mol. The highest BCUT2D eigenvalue weighted by molar-refractivity contribution is 7.89. The van der Waals surface area contributed by atoms with Crippen molar-refractivity contribution in [3.05, 3.63) is 57.0 Å². The van der Waals surface area contributed by atoms with Gasteiger partial charge in [-0.05, 0) is 45.1 Å². The molecule has 38 heavy (non-hydrogen) atoms. The summed E-state index contributed by atoms with van der Waals surface area (Å²) in [6.45, 7) is 1.83. The molecule has 3 aromatic rings. The summed E-state index contributed by atoms with van der Waals surface area (Å²) in [4.78, 5) is 23.8. The van der Waals surface area contributed by atoms with Crippen LogP contribution >= 0.6 is 34.5 Å². The number of hydrogen-bond acceptors (Lipinski definition) is 10. The smallest absolute Gasteiger partial charge is 0.244 e. The molecular formula is C24H28Cl2N6O4S2. The molecule has 1 fully saturated rings. The topological polar surface area (TPSA) is 131 Å². The molecule has 2 aromatic heterocycles. The molecular weight excluding hydrogens is 571 g/mol. The van der Waals surface area contributed by atoms with E-state index in [0.717, 1.165) is 17.9 Å². The first kappa shape index (κ1) is 28.5. The third kappa shape index (κ3) is 6.56. The van der Waals surface area contributed by atoms with E-state index in [1.165, 1.54) is 16.6 Å². The van der Waals surface area contributed by atoms with Gasteiger partial charge in [0.1, 0.15) is 22.2 Å². The number of ether oxygens (including phenoxy) is 1. The molecule has 0 spiro atoms. The minimum absolute atomic E-state index is 0.0375. The fraction of sp³-hybridized carbons (Fsp3) is 0.375. The highest BCUT2D eigenvalue weighted by Crippen LogP contribution is 2.34. The Balaban J connectivity index is 1.35. The number of nitrogens with zero attached hydrogens (tertiary/aromatic N) is 4. The maximum atomic E-state index is 13.1. The zero-order valence-corrected chi connectivity index (χ0v) is 24.0. The average Bonchev–Trinajstić information content (AvgIpc) is 3.24. The maximum absolute atomic E-state index is 13.1. The van der Waals surface area contributed by atoms with Crippen LogP contribution in [-0.4, -0.2) is 79.8 Å². The van der Waals surface area contributed by atoms with Crippen molar-refractivity contribution in [3.63, 3.8) is 0 Å². The number of halogens is 2. The fourth-order valence-electron chi connectivity index (χ4n) is 3.89. The quantitative estimate of drug-likeness (QED) is 0.334. The van der Waals surface area contributed by atoms with E-state index in [-0.39, 0.29) is 37.2 Å². The van der Waals surface area contributed by atoms with E-state index in [2.05, 4.69) is 15.3 Å². The fourth-order valence-corrected chi connectivity index (χ4v) is 6.78. The number of piperidine rings is 1. The van der Waals surface area contributed by atoms with Crippen molar-refractivity contribution in [1.82, 2.24) is 19.2 Å². The Labute approximate surface area is 235 Å². The second-order valence-corrected chi connectivity index (χ2v) is 12.7. The number of benzene rings is 1. The summed E-state index contributed by atoms with van der Waals surface area (Å²) in [5.41, 5.74) is 6.21. The minimum Gasteiger partial charge on any atom is -0.476 e. The van der Waals surface area contributed by atoms with Crippen LogP contribution in [0.2, 0.25) is 10.0 Å². The summed E-state index contributed by atoms with van der Waals surface area (Å²) in [6, 6.07) is 7.88. The number of likely N-dealkylation sites (N-methyl/N-ethyl adjacent to an activating group) is 1. The molecule has 0 atom stereocenters. The van der Waals surface area contributed by atoms with Gasteiger partial charge in [-0.1, -0.05) is 40.6 Å². The first-order valence-corrected chi connectivity index (χ1v) is 14.8. The van der Waals surface area contributed by atoms with Crippen molar-refractivity contribution in [2.45, 2.75) is 23.8 Å². The number of pyridine rings is 1. The molecule has 10 nitrogen and oxygen atoms in total. The number of rotatable bonds is 10. The highest BCUT2D eigenvalue weighted by atomic mass is 35.5. The van der Waals surface area contributed by atoms with Crippen molar-refractivity contribution in [2.24, 2.45) is 0 Å². The molecule has 1 saturated heterocycles. The lowest BCUT2D eigenvalue weighted by Gasteiger charge is -2.31. The average molecular weight is 600 g/mol. The second kappa shape index (κ2) is 12.1. The van der Waals surface area contributed by atoms with Crippen LogP contribution < -0.4 is 15.8 Å². The number of nitrogen functional groups attached to an aromatic ring is 1. The number of thiazole rings is 1. The molecule has 1 aliphatic heterocycles. The van der Waals surface area contributed by atoms with Crippen LogP contribution in [0, 0.1) is 0 Å². The van der Waals surface area contributed by atoms with Crippen LogP contribution in [0.4, 0.5) is 10.9 Å². The van der Waals surface area contributed by atoms with Gasteiger partial charge in [0, 0.05) is 31.7 Å². The highest BCUT2D eigenvalue weighted by Gasteiger charge is 2.30. The summed E-state index contributed by atoms with van der Waals surface area (Å²) < 4.78 is 33.2. The van der Waals surface area contributed by atoms with E-state index in [0.29, 0.717) is 43.5 Å². The maximum Gasteiger partial charge on any atom is 0.244 e. The first-order valence-electron chi connectivity index (χ1n) is 11.8. The number of carbonyl (C=O) groups is 1. The van der Waals surface area contributed by atoms with E-state index in [1.807, 2.05) is 19.0 Å². The van der Waals surface area contributed by atoms with Gasteiger partial charge in [-0.2, -0.15) is 4.31 Å². The molecule has 0 aliphatic carbocycles. The zero-order chi connectivity index (χ0) is 27.4.